The number of hydrogen-bond acceptors (Lipinski definition) is 2. The van der Waals surface area contributed by atoms with Gasteiger partial charge in [0.15, 0.2) is 0 Å². The molecule has 0 aromatic rings. The first kappa shape index (κ1) is 9.33. The SMILES string of the molecule is FC1(F)CN(C2NC(I)=C[C@@H]3CC23)C1. The quantitative estimate of drug-likeness (QED) is 0.586. The zero-order valence-electron chi connectivity index (χ0n) is 7.51. The molecule has 78 valence electrons. The summed E-state index contributed by atoms with van der Waals surface area (Å²) in [4.78, 5) is 1.86. The molecule has 1 saturated carbocycles. The third-order valence-electron chi connectivity index (χ3n) is 3.21. The van der Waals surface area contributed by atoms with Gasteiger partial charge in [-0.3, -0.25) is 4.90 Å². The Morgan fingerprint density at radius 2 is 2.21 bits per heavy atom. The summed E-state index contributed by atoms with van der Waals surface area (Å²) in [5.41, 5.74) is 0. The Hall–Kier alpha value is 0.0900. The molecule has 0 spiro atoms. The number of rotatable bonds is 1. The molecule has 14 heavy (non-hydrogen) atoms. The van der Waals surface area contributed by atoms with Crippen molar-refractivity contribution < 1.29 is 8.78 Å². The number of halogens is 3. The number of alkyl halides is 2. The maximum absolute atomic E-state index is 12.7. The van der Waals surface area contributed by atoms with Gasteiger partial charge in [-0.1, -0.05) is 6.08 Å². The summed E-state index contributed by atoms with van der Waals surface area (Å²) in [6.07, 6.45) is 3.53. The van der Waals surface area contributed by atoms with Crippen molar-refractivity contribution in [2.45, 2.75) is 18.5 Å². The summed E-state index contributed by atoms with van der Waals surface area (Å²) < 4.78 is 26.5. The van der Waals surface area contributed by atoms with Gasteiger partial charge in [-0.2, -0.15) is 0 Å². The van der Waals surface area contributed by atoms with Crippen molar-refractivity contribution in [1.82, 2.24) is 10.2 Å². The highest BCUT2D eigenvalue weighted by molar-refractivity contribution is 14.1. The summed E-state index contributed by atoms with van der Waals surface area (Å²) in [5, 5.41) is 3.29. The van der Waals surface area contributed by atoms with E-state index in [2.05, 4.69) is 34.0 Å². The van der Waals surface area contributed by atoms with Crippen LogP contribution < -0.4 is 5.32 Å². The van der Waals surface area contributed by atoms with Crippen molar-refractivity contribution in [2.24, 2.45) is 11.8 Å². The van der Waals surface area contributed by atoms with Gasteiger partial charge < -0.3 is 5.32 Å². The molecule has 1 N–H and O–H groups in total. The van der Waals surface area contributed by atoms with Crippen LogP contribution in [0.5, 0.6) is 0 Å². The van der Waals surface area contributed by atoms with Gasteiger partial charge in [0.1, 0.15) is 0 Å². The minimum atomic E-state index is -2.45. The van der Waals surface area contributed by atoms with E-state index >= 15 is 0 Å². The van der Waals surface area contributed by atoms with Gasteiger partial charge in [0, 0.05) is 0 Å². The summed E-state index contributed by atoms with van der Waals surface area (Å²) in [6.45, 7) is -0.143. The van der Waals surface area contributed by atoms with Gasteiger partial charge in [0.2, 0.25) is 0 Å². The lowest BCUT2D eigenvalue weighted by molar-refractivity contribution is -0.152. The monoisotopic (exact) mass is 312 g/mol. The van der Waals surface area contributed by atoms with Crippen LogP contribution in [-0.2, 0) is 0 Å². The smallest absolute Gasteiger partial charge is 0.273 e. The standard InChI is InChI=1S/C9H11F2IN2/c10-9(11)3-14(4-9)8-6-1-5(6)2-7(12)13-8/h2,5-6,8,13H,1,3-4H2/t5-,6?,8?/m0/s1. The Morgan fingerprint density at radius 3 is 2.86 bits per heavy atom. The Kier molecular flexibility index (Phi) is 1.87. The van der Waals surface area contributed by atoms with Crippen molar-refractivity contribution in [2.75, 3.05) is 13.1 Å². The lowest BCUT2D eigenvalue weighted by Gasteiger charge is -2.45. The van der Waals surface area contributed by atoms with Crippen molar-refractivity contribution in [3.63, 3.8) is 0 Å². The number of hydrogen-bond donors (Lipinski definition) is 1. The molecule has 0 amide bonds. The predicted molar refractivity (Wildman–Crippen MR) is 57.1 cm³/mol. The molecule has 0 aromatic carbocycles. The Balaban J connectivity index is 1.68. The summed E-state index contributed by atoms with van der Waals surface area (Å²) >= 11 is 2.23. The minimum absolute atomic E-state index is 0.0716. The van der Waals surface area contributed by atoms with E-state index in [0.717, 1.165) is 10.1 Å². The third-order valence-corrected chi connectivity index (χ3v) is 3.88. The van der Waals surface area contributed by atoms with Gasteiger partial charge in [-0.15, -0.1) is 0 Å². The molecule has 0 aromatic heterocycles. The molecular weight excluding hydrogens is 301 g/mol. The van der Waals surface area contributed by atoms with E-state index in [1.54, 1.807) is 0 Å². The Morgan fingerprint density at radius 1 is 1.50 bits per heavy atom. The first-order chi connectivity index (χ1) is 6.55. The van der Waals surface area contributed by atoms with Crippen LogP contribution in [0.1, 0.15) is 6.42 Å². The van der Waals surface area contributed by atoms with E-state index in [0.29, 0.717) is 11.8 Å². The molecular formula is C9H11F2IN2. The van der Waals surface area contributed by atoms with E-state index in [-0.39, 0.29) is 19.3 Å². The highest BCUT2D eigenvalue weighted by Gasteiger charge is 2.54. The fourth-order valence-corrected chi connectivity index (χ4v) is 3.16. The van der Waals surface area contributed by atoms with Crippen LogP contribution in [0.2, 0.25) is 0 Å². The maximum Gasteiger partial charge on any atom is 0.273 e. The number of fused-ring (bicyclic) bond motifs is 1. The van der Waals surface area contributed by atoms with Crippen molar-refractivity contribution in [3.05, 3.63) is 9.78 Å². The van der Waals surface area contributed by atoms with Gasteiger partial charge in [0.25, 0.3) is 5.92 Å². The fourth-order valence-electron chi connectivity index (χ4n) is 2.38. The van der Waals surface area contributed by atoms with E-state index in [4.69, 9.17) is 0 Å². The van der Waals surface area contributed by atoms with E-state index in [9.17, 15) is 8.78 Å². The molecule has 2 unspecified atom stereocenters. The molecule has 3 atom stereocenters. The molecule has 1 aliphatic carbocycles. The molecule has 2 fully saturated rings. The van der Waals surface area contributed by atoms with Crippen LogP contribution in [-0.4, -0.2) is 30.1 Å². The second kappa shape index (κ2) is 2.81. The molecule has 1 saturated heterocycles. The first-order valence-corrected chi connectivity index (χ1v) is 5.89. The maximum atomic E-state index is 12.7. The van der Waals surface area contributed by atoms with Gasteiger partial charge in [-0.05, 0) is 40.8 Å². The number of nitrogens with one attached hydrogen (secondary N) is 1. The zero-order chi connectivity index (χ0) is 9.92. The van der Waals surface area contributed by atoms with E-state index < -0.39 is 5.92 Å². The van der Waals surface area contributed by atoms with E-state index in [1.165, 1.54) is 0 Å². The van der Waals surface area contributed by atoms with Crippen molar-refractivity contribution in [3.8, 4) is 0 Å². The van der Waals surface area contributed by atoms with Crippen LogP contribution in [0.15, 0.2) is 9.78 Å². The largest absolute Gasteiger partial charge is 0.365 e. The molecule has 0 bridgehead atoms. The predicted octanol–water partition coefficient (Wildman–Crippen LogP) is 1.78. The van der Waals surface area contributed by atoms with Crippen LogP contribution in [0, 0.1) is 11.8 Å². The fraction of sp³-hybridized carbons (Fsp3) is 0.778. The second-order valence-corrected chi connectivity index (χ2v) is 5.59. The summed E-state index contributed by atoms with van der Waals surface area (Å²) in [6, 6.07) is 0. The summed E-state index contributed by atoms with van der Waals surface area (Å²) in [5.74, 6) is -1.23. The van der Waals surface area contributed by atoms with Gasteiger partial charge in [0.05, 0.1) is 23.0 Å². The molecule has 0 radical (unpaired) electrons. The molecule has 5 heteroatoms. The van der Waals surface area contributed by atoms with Crippen LogP contribution >= 0.6 is 22.6 Å². The lowest BCUT2D eigenvalue weighted by atomic mass is 10.1. The topological polar surface area (TPSA) is 15.3 Å². The highest BCUT2D eigenvalue weighted by atomic mass is 127. The lowest BCUT2D eigenvalue weighted by Crippen LogP contribution is -2.64. The zero-order valence-corrected chi connectivity index (χ0v) is 9.67. The van der Waals surface area contributed by atoms with Crippen molar-refractivity contribution in [1.29, 1.82) is 0 Å². The second-order valence-electron chi connectivity index (χ2n) is 4.43. The highest BCUT2D eigenvalue weighted by Crippen LogP contribution is 2.48. The summed E-state index contributed by atoms with van der Waals surface area (Å²) in [7, 11) is 0. The molecule has 2 heterocycles. The van der Waals surface area contributed by atoms with Crippen LogP contribution in [0.3, 0.4) is 0 Å². The van der Waals surface area contributed by atoms with E-state index in [1.807, 2.05) is 4.90 Å². The molecule has 3 rings (SSSR count). The number of allylic oxidation sites excluding steroid dienone is 1. The average Bonchev–Trinajstić information content (AvgIpc) is 2.76. The van der Waals surface area contributed by atoms with Gasteiger partial charge in [-0.25, -0.2) is 8.78 Å². The third kappa shape index (κ3) is 1.44. The average molecular weight is 312 g/mol. The first-order valence-electron chi connectivity index (χ1n) is 4.81. The minimum Gasteiger partial charge on any atom is -0.365 e. The Bertz CT molecular complexity index is 297. The normalized spacial score (nSPS) is 44.5. The van der Waals surface area contributed by atoms with Gasteiger partial charge >= 0.3 is 0 Å². The number of likely N-dealkylation sites (tertiary alicyclic amines) is 1. The molecule has 2 nitrogen and oxygen atoms in total. The number of nitrogens with zero attached hydrogens (tertiary/aromatic N) is 1. The molecule has 3 aliphatic rings. The Labute approximate surface area is 94.9 Å². The van der Waals surface area contributed by atoms with Crippen LogP contribution in [0.25, 0.3) is 0 Å². The van der Waals surface area contributed by atoms with Crippen molar-refractivity contribution >= 4 is 22.6 Å². The molecule has 2 aliphatic heterocycles. The van der Waals surface area contributed by atoms with Crippen LogP contribution in [0.4, 0.5) is 8.78 Å².